The average Bonchev–Trinajstić information content (AvgIpc) is 2.74. The van der Waals surface area contributed by atoms with Crippen molar-refractivity contribution in [1.82, 2.24) is 10.3 Å². The van der Waals surface area contributed by atoms with Crippen LogP contribution in [0.2, 0.25) is 0 Å². The standard InChI is InChI=1S/C13H16N2O/c1-7-3-4-9(6-14-7)5-10-11-8(2)12(11)15-13(10)16/h3-4,6,8,10-12H,5H2,1-2H3,(H,15,16). The van der Waals surface area contributed by atoms with Crippen molar-refractivity contribution in [3.63, 3.8) is 0 Å². The lowest BCUT2D eigenvalue weighted by molar-refractivity contribution is -0.123. The summed E-state index contributed by atoms with van der Waals surface area (Å²) in [6, 6.07) is 4.54. The first-order valence-electron chi connectivity index (χ1n) is 5.89. The summed E-state index contributed by atoms with van der Waals surface area (Å²) in [5.41, 5.74) is 2.20. The maximum atomic E-state index is 11.7. The first-order valence-corrected chi connectivity index (χ1v) is 5.89. The summed E-state index contributed by atoms with van der Waals surface area (Å²) in [4.78, 5) is 16.0. The molecule has 2 aliphatic rings. The van der Waals surface area contributed by atoms with E-state index in [2.05, 4.69) is 23.3 Å². The van der Waals surface area contributed by atoms with Gasteiger partial charge in [0.1, 0.15) is 0 Å². The molecule has 1 aliphatic carbocycles. The Labute approximate surface area is 95.3 Å². The van der Waals surface area contributed by atoms with E-state index in [0.29, 0.717) is 17.9 Å². The number of fused-ring (bicyclic) bond motifs is 1. The van der Waals surface area contributed by atoms with Crippen molar-refractivity contribution in [3.8, 4) is 0 Å². The van der Waals surface area contributed by atoms with Gasteiger partial charge in [-0.2, -0.15) is 0 Å². The maximum Gasteiger partial charge on any atom is 0.224 e. The monoisotopic (exact) mass is 216 g/mol. The zero-order chi connectivity index (χ0) is 11.3. The van der Waals surface area contributed by atoms with Crippen LogP contribution in [-0.2, 0) is 11.2 Å². The van der Waals surface area contributed by atoms with E-state index in [1.54, 1.807) is 0 Å². The van der Waals surface area contributed by atoms with Crippen molar-refractivity contribution in [2.24, 2.45) is 17.8 Å². The van der Waals surface area contributed by atoms with Crippen molar-refractivity contribution in [3.05, 3.63) is 29.6 Å². The van der Waals surface area contributed by atoms with Crippen LogP contribution in [-0.4, -0.2) is 16.9 Å². The lowest BCUT2D eigenvalue weighted by Gasteiger charge is -2.11. The summed E-state index contributed by atoms with van der Waals surface area (Å²) in [5, 5.41) is 3.06. The maximum absolute atomic E-state index is 11.7. The van der Waals surface area contributed by atoms with Gasteiger partial charge in [0, 0.05) is 23.9 Å². The first-order chi connectivity index (χ1) is 7.66. The smallest absolute Gasteiger partial charge is 0.224 e. The van der Waals surface area contributed by atoms with E-state index in [9.17, 15) is 4.79 Å². The topological polar surface area (TPSA) is 42.0 Å². The number of nitrogens with zero attached hydrogens (tertiary/aromatic N) is 1. The van der Waals surface area contributed by atoms with Crippen LogP contribution in [0.3, 0.4) is 0 Å². The molecule has 3 heteroatoms. The first kappa shape index (κ1) is 9.82. The molecule has 2 heterocycles. The van der Waals surface area contributed by atoms with Crippen molar-refractivity contribution < 1.29 is 4.79 Å². The van der Waals surface area contributed by atoms with Crippen LogP contribution in [0.4, 0.5) is 0 Å². The van der Waals surface area contributed by atoms with E-state index in [1.807, 2.05) is 19.2 Å². The Morgan fingerprint density at radius 2 is 2.25 bits per heavy atom. The lowest BCUT2D eigenvalue weighted by Crippen LogP contribution is -2.28. The second-order valence-corrected chi connectivity index (χ2v) is 5.09. The van der Waals surface area contributed by atoms with Crippen molar-refractivity contribution in [2.75, 3.05) is 0 Å². The SMILES string of the molecule is Cc1ccc(CC2C(=O)NC3C(C)C23)cn1. The molecule has 1 N–H and O–H groups in total. The minimum absolute atomic E-state index is 0.171. The quantitative estimate of drug-likeness (QED) is 0.810. The summed E-state index contributed by atoms with van der Waals surface area (Å²) < 4.78 is 0. The van der Waals surface area contributed by atoms with Gasteiger partial charge in [0.25, 0.3) is 0 Å². The highest BCUT2D eigenvalue weighted by Gasteiger charge is 2.59. The predicted molar refractivity (Wildman–Crippen MR) is 60.8 cm³/mol. The highest BCUT2D eigenvalue weighted by molar-refractivity contribution is 5.84. The molecule has 1 amide bonds. The molecule has 4 atom stereocenters. The Balaban J connectivity index is 1.75. The zero-order valence-electron chi connectivity index (χ0n) is 9.60. The normalized spacial score (nSPS) is 35.8. The largest absolute Gasteiger partial charge is 0.353 e. The number of carbonyl (C=O) groups is 1. The van der Waals surface area contributed by atoms with E-state index in [1.165, 1.54) is 5.56 Å². The number of aryl methyl sites for hydroxylation is 1. The number of hydrogen-bond donors (Lipinski definition) is 1. The van der Waals surface area contributed by atoms with E-state index < -0.39 is 0 Å². The fraction of sp³-hybridized carbons (Fsp3) is 0.538. The summed E-state index contributed by atoms with van der Waals surface area (Å²) in [5.74, 6) is 1.63. The predicted octanol–water partition coefficient (Wildman–Crippen LogP) is 1.31. The lowest BCUT2D eigenvalue weighted by atomic mass is 9.95. The second kappa shape index (κ2) is 3.30. The average molecular weight is 216 g/mol. The third-order valence-corrected chi connectivity index (χ3v) is 3.99. The van der Waals surface area contributed by atoms with Crippen molar-refractivity contribution >= 4 is 5.91 Å². The molecule has 1 aromatic rings. The molecule has 0 bridgehead atoms. The Morgan fingerprint density at radius 3 is 2.88 bits per heavy atom. The fourth-order valence-corrected chi connectivity index (χ4v) is 2.89. The Bertz CT molecular complexity index is 426. The molecule has 1 aromatic heterocycles. The molecule has 2 fully saturated rings. The van der Waals surface area contributed by atoms with E-state index >= 15 is 0 Å². The van der Waals surface area contributed by atoms with Gasteiger partial charge in [-0.15, -0.1) is 0 Å². The number of rotatable bonds is 2. The van der Waals surface area contributed by atoms with E-state index in [4.69, 9.17) is 0 Å². The van der Waals surface area contributed by atoms with E-state index in [0.717, 1.165) is 12.1 Å². The van der Waals surface area contributed by atoms with Crippen LogP contribution in [0.15, 0.2) is 18.3 Å². The molecule has 1 saturated carbocycles. The molecular formula is C13H16N2O. The number of piperidine rings is 1. The minimum Gasteiger partial charge on any atom is -0.353 e. The molecule has 84 valence electrons. The van der Waals surface area contributed by atoms with Gasteiger partial charge in [-0.25, -0.2) is 0 Å². The van der Waals surface area contributed by atoms with Gasteiger partial charge in [0.15, 0.2) is 0 Å². The highest BCUT2D eigenvalue weighted by Crippen LogP contribution is 2.49. The molecule has 3 rings (SSSR count). The number of aromatic nitrogens is 1. The van der Waals surface area contributed by atoms with Crippen LogP contribution < -0.4 is 5.32 Å². The van der Waals surface area contributed by atoms with Crippen molar-refractivity contribution in [1.29, 1.82) is 0 Å². The van der Waals surface area contributed by atoms with Gasteiger partial charge in [-0.05, 0) is 36.8 Å². The van der Waals surface area contributed by atoms with Crippen LogP contribution in [0.25, 0.3) is 0 Å². The second-order valence-electron chi connectivity index (χ2n) is 5.09. The van der Waals surface area contributed by atoms with Gasteiger partial charge < -0.3 is 5.32 Å². The van der Waals surface area contributed by atoms with Gasteiger partial charge >= 0.3 is 0 Å². The molecule has 4 unspecified atom stereocenters. The van der Waals surface area contributed by atoms with Gasteiger partial charge in [-0.1, -0.05) is 13.0 Å². The molecule has 0 spiro atoms. The molecule has 0 aromatic carbocycles. The number of hydrogen-bond acceptors (Lipinski definition) is 2. The van der Waals surface area contributed by atoms with Gasteiger partial charge in [-0.3, -0.25) is 9.78 Å². The van der Waals surface area contributed by atoms with Crippen molar-refractivity contribution in [2.45, 2.75) is 26.3 Å². The summed E-state index contributed by atoms with van der Waals surface area (Å²) in [7, 11) is 0. The highest BCUT2D eigenvalue weighted by atomic mass is 16.2. The van der Waals surface area contributed by atoms with Gasteiger partial charge in [0.05, 0.1) is 0 Å². The number of amides is 1. The van der Waals surface area contributed by atoms with Crippen LogP contribution in [0, 0.1) is 24.7 Å². The number of pyridine rings is 1. The zero-order valence-corrected chi connectivity index (χ0v) is 9.60. The van der Waals surface area contributed by atoms with E-state index in [-0.39, 0.29) is 11.8 Å². The van der Waals surface area contributed by atoms with Crippen LogP contribution in [0.5, 0.6) is 0 Å². The third kappa shape index (κ3) is 1.42. The fourth-order valence-electron chi connectivity index (χ4n) is 2.89. The number of nitrogens with one attached hydrogen (secondary N) is 1. The summed E-state index contributed by atoms with van der Waals surface area (Å²) in [6.45, 7) is 4.19. The Hall–Kier alpha value is -1.38. The molecule has 0 radical (unpaired) electrons. The molecule has 3 nitrogen and oxygen atoms in total. The van der Waals surface area contributed by atoms with Crippen LogP contribution in [0.1, 0.15) is 18.2 Å². The van der Waals surface area contributed by atoms with Crippen LogP contribution >= 0.6 is 0 Å². The Kier molecular flexibility index (Phi) is 2.03. The summed E-state index contributed by atoms with van der Waals surface area (Å²) >= 11 is 0. The molecule has 1 saturated heterocycles. The molecular weight excluding hydrogens is 200 g/mol. The molecule has 1 aliphatic heterocycles. The minimum atomic E-state index is 0.171. The summed E-state index contributed by atoms with van der Waals surface area (Å²) in [6.07, 6.45) is 2.73. The molecule has 16 heavy (non-hydrogen) atoms. The van der Waals surface area contributed by atoms with Gasteiger partial charge in [0.2, 0.25) is 5.91 Å². The number of carbonyl (C=O) groups excluding carboxylic acids is 1. The Morgan fingerprint density at radius 1 is 1.44 bits per heavy atom. The third-order valence-electron chi connectivity index (χ3n) is 3.99.